The number of carbonyl (C=O) groups excluding carboxylic acids is 1. The second kappa shape index (κ2) is 12.1. The van der Waals surface area contributed by atoms with Gasteiger partial charge in [0.05, 0.1) is 24.1 Å². The number of nitrogen functional groups attached to an aromatic ring is 1. The van der Waals surface area contributed by atoms with Gasteiger partial charge in [0, 0.05) is 68.5 Å². The number of rotatable bonds is 5. The number of hydrogen-bond donors (Lipinski definition) is 2. The van der Waals surface area contributed by atoms with Gasteiger partial charge in [-0.05, 0) is 96.8 Å². The Balaban J connectivity index is 0.969. The van der Waals surface area contributed by atoms with Crippen molar-refractivity contribution < 1.29 is 19.4 Å². The Labute approximate surface area is 279 Å². The Morgan fingerprint density at radius 1 is 0.979 bits per heavy atom. The molecule has 5 fully saturated rings. The number of carbonyl (C=O) groups is 1. The summed E-state index contributed by atoms with van der Waals surface area (Å²) < 4.78 is 12.2. The van der Waals surface area contributed by atoms with Gasteiger partial charge in [-0.3, -0.25) is 9.80 Å². The molecule has 11 nitrogen and oxygen atoms in total. The largest absolute Gasteiger partial charge is 0.507 e. The van der Waals surface area contributed by atoms with Crippen LogP contribution in [-0.2, 0) is 9.47 Å². The fourth-order valence-corrected chi connectivity index (χ4v) is 9.20. The number of likely N-dealkylation sites (tertiary alicyclic amines) is 1. The highest BCUT2D eigenvalue weighted by Gasteiger charge is 2.53. The zero-order valence-corrected chi connectivity index (χ0v) is 28.8. The van der Waals surface area contributed by atoms with E-state index in [0.29, 0.717) is 40.6 Å². The maximum Gasteiger partial charge on any atom is 0.410 e. The Morgan fingerprint density at radius 2 is 1.66 bits per heavy atom. The lowest BCUT2D eigenvalue weighted by Crippen LogP contribution is -2.68. The van der Waals surface area contributed by atoms with Crippen LogP contribution in [0.5, 0.6) is 5.75 Å². The van der Waals surface area contributed by atoms with Crippen molar-refractivity contribution in [3.05, 3.63) is 30.3 Å². The summed E-state index contributed by atoms with van der Waals surface area (Å²) in [6, 6.07) is 10.6. The number of nitrogens with zero attached hydrogens (tertiary/aromatic N) is 6. The van der Waals surface area contributed by atoms with Gasteiger partial charge in [0.1, 0.15) is 11.4 Å². The average molecular weight is 648 g/mol. The highest BCUT2D eigenvalue weighted by molar-refractivity contribution is 5.74. The van der Waals surface area contributed by atoms with Gasteiger partial charge in [0.2, 0.25) is 0 Å². The third-order valence-electron chi connectivity index (χ3n) is 11.7. The van der Waals surface area contributed by atoms with E-state index in [1.54, 1.807) is 12.1 Å². The van der Waals surface area contributed by atoms with Crippen molar-refractivity contribution in [2.75, 3.05) is 56.5 Å². The molecule has 256 valence electrons. The number of para-hydroxylation sites is 1. The van der Waals surface area contributed by atoms with E-state index in [4.69, 9.17) is 15.2 Å². The topological polar surface area (TPSA) is 121 Å². The summed E-state index contributed by atoms with van der Waals surface area (Å²) in [5.74, 6) is 0.614. The number of morpholine rings is 1. The van der Waals surface area contributed by atoms with Gasteiger partial charge in [0.25, 0.3) is 0 Å². The van der Waals surface area contributed by atoms with Crippen molar-refractivity contribution in [1.82, 2.24) is 24.9 Å². The third kappa shape index (κ3) is 6.26. The number of fused-ring (bicyclic) bond motifs is 2. The molecular formula is C36H53N7O4. The number of aromatic hydroxyl groups is 1. The number of nitrogens with two attached hydrogens (primary N) is 1. The molecule has 1 amide bonds. The van der Waals surface area contributed by atoms with Crippen molar-refractivity contribution in [2.45, 2.75) is 109 Å². The van der Waals surface area contributed by atoms with Gasteiger partial charge in [-0.25, -0.2) is 4.79 Å². The van der Waals surface area contributed by atoms with E-state index in [9.17, 15) is 9.90 Å². The number of phenols is 1. The first-order valence-corrected chi connectivity index (χ1v) is 17.6. The Kier molecular flexibility index (Phi) is 8.32. The lowest BCUT2D eigenvalue weighted by atomic mass is 9.60. The smallest absolute Gasteiger partial charge is 0.410 e. The minimum Gasteiger partial charge on any atom is -0.507 e. The number of amides is 1. The molecule has 11 heteroatoms. The SMILES string of the molecule is CC(C)(C)OC(=O)N1CCC2(CC1)CC(N1CCO[C@H](C(C)(C)N3C4CCC3CN(c3cc(-c5ccccc5O)nnc3N)C4)C1)C2. The Hall–Kier alpha value is -3.15. The normalized spacial score (nSPS) is 27.2. The predicted octanol–water partition coefficient (Wildman–Crippen LogP) is 4.74. The van der Waals surface area contributed by atoms with Crippen molar-refractivity contribution >= 4 is 17.6 Å². The van der Waals surface area contributed by atoms with Crippen molar-refractivity contribution in [1.29, 1.82) is 0 Å². The molecule has 0 radical (unpaired) electrons. The minimum atomic E-state index is -0.454. The molecule has 7 rings (SSSR count). The fraction of sp³-hybridized carbons (Fsp3) is 0.694. The second-order valence-electron chi connectivity index (χ2n) is 16.3. The van der Waals surface area contributed by atoms with Crippen LogP contribution in [0.1, 0.15) is 73.1 Å². The highest BCUT2D eigenvalue weighted by Crippen LogP contribution is 2.52. The lowest BCUT2D eigenvalue weighted by molar-refractivity contribution is -0.144. The molecule has 1 aromatic heterocycles. The lowest BCUT2D eigenvalue weighted by Gasteiger charge is -2.58. The van der Waals surface area contributed by atoms with E-state index in [1.165, 1.54) is 12.8 Å². The standard InChI is InChI=1S/C36H53N7O4/c1-34(2,3)47-33(45)40-14-12-36(13-15-40)19-26(20-36)41-16-17-46-31(23-41)35(4,5)43-24-10-11-25(43)22-42(21-24)29-18-28(38-39-32(29)37)27-8-6-7-9-30(27)44/h6-9,18,24-26,31,44H,10-17,19-23H2,1-5H3,(H2,37,39)/t24?,25?,31-/m0/s1. The molecule has 47 heavy (non-hydrogen) atoms. The van der Waals surface area contributed by atoms with Crippen LogP contribution in [0, 0.1) is 5.41 Å². The first kappa shape index (κ1) is 32.4. The molecule has 2 unspecified atom stereocenters. The van der Waals surface area contributed by atoms with E-state index in [2.05, 4.69) is 38.7 Å². The minimum absolute atomic E-state index is 0.111. The molecule has 3 atom stereocenters. The van der Waals surface area contributed by atoms with Crippen LogP contribution in [0.25, 0.3) is 11.3 Å². The molecule has 3 N–H and O–H groups in total. The number of piperidine rings is 1. The quantitative estimate of drug-likeness (QED) is 0.471. The maximum absolute atomic E-state index is 12.6. The van der Waals surface area contributed by atoms with Crippen molar-refractivity contribution in [3.8, 4) is 17.0 Å². The van der Waals surface area contributed by atoms with Gasteiger partial charge >= 0.3 is 6.09 Å². The van der Waals surface area contributed by atoms with E-state index < -0.39 is 5.60 Å². The zero-order valence-electron chi connectivity index (χ0n) is 28.8. The molecule has 2 bridgehead atoms. The van der Waals surface area contributed by atoms with Gasteiger partial charge in [-0.1, -0.05) is 12.1 Å². The maximum atomic E-state index is 12.6. The summed E-state index contributed by atoms with van der Waals surface area (Å²) in [6.07, 6.45) is 6.84. The van der Waals surface area contributed by atoms with Crippen LogP contribution in [0.15, 0.2) is 30.3 Å². The number of ether oxygens (including phenoxy) is 2. The van der Waals surface area contributed by atoms with Crippen LogP contribution in [0.3, 0.4) is 0 Å². The van der Waals surface area contributed by atoms with Gasteiger partial charge < -0.3 is 30.1 Å². The van der Waals surface area contributed by atoms with E-state index in [-0.39, 0.29) is 23.5 Å². The number of benzene rings is 1. The van der Waals surface area contributed by atoms with E-state index in [0.717, 1.165) is 77.2 Å². The molecule has 4 aliphatic heterocycles. The van der Waals surface area contributed by atoms with E-state index >= 15 is 0 Å². The molecular weight excluding hydrogens is 594 g/mol. The molecule has 1 spiro atoms. The molecule has 1 saturated carbocycles. The molecule has 4 saturated heterocycles. The number of phenolic OH excluding ortho intramolecular Hbond substituents is 1. The van der Waals surface area contributed by atoms with Crippen molar-refractivity contribution in [3.63, 3.8) is 0 Å². The van der Waals surface area contributed by atoms with Crippen LogP contribution in [0.4, 0.5) is 16.3 Å². The van der Waals surface area contributed by atoms with E-state index in [1.807, 2.05) is 43.9 Å². The van der Waals surface area contributed by atoms with Crippen LogP contribution in [-0.4, -0.2) is 117 Å². The number of anilines is 2. The fourth-order valence-electron chi connectivity index (χ4n) is 9.20. The van der Waals surface area contributed by atoms with Crippen LogP contribution in [0.2, 0.25) is 0 Å². The van der Waals surface area contributed by atoms with Gasteiger partial charge in [-0.15, -0.1) is 10.2 Å². The zero-order chi connectivity index (χ0) is 33.1. The summed E-state index contributed by atoms with van der Waals surface area (Å²) >= 11 is 0. The van der Waals surface area contributed by atoms with Crippen LogP contribution >= 0.6 is 0 Å². The monoisotopic (exact) mass is 647 g/mol. The predicted molar refractivity (Wildman–Crippen MR) is 182 cm³/mol. The molecule has 2 aromatic rings. The summed E-state index contributed by atoms with van der Waals surface area (Å²) in [6.45, 7) is 16.6. The number of hydrogen-bond acceptors (Lipinski definition) is 10. The van der Waals surface area contributed by atoms with Gasteiger partial charge in [-0.2, -0.15) is 0 Å². The van der Waals surface area contributed by atoms with Crippen molar-refractivity contribution in [2.24, 2.45) is 5.41 Å². The summed E-state index contributed by atoms with van der Waals surface area (Å²) in [7, 11) is 0. The highest BCUT2D eigenvalue weighted by atomic mass is 16.6. The van der Waals surface area contributed by atoms with Gasteiger partial charge in [0.15, 0.2) is 5.82 Å². The molecule has 1 aliphatic carbocycles. The number of piperazine rings is 1. The summed E-state index contributed by atoms with van der Waals surface area (Å²) in [5.41, 5.74) is 8.38. The average Bonchev–Trinajstić information content (AvgIpc) is 3.30. The third-order valence-corrected chi connectivity index (χ3v) is 11.7. The summed E-state index contributed by atoms with van der Waals surface area (Å²) in [5, 5.41) is 19.0. The number of aromatic nitrogens is 2. The molecule has 5 heterocycles. The first-order chi connectivity index (χ1) is 22.3. The Morgan fingerprint density at radius 3 is 2.32 bits per heavy atom. The first-order valence-electron chi connectivity index (χ1n) is 17.6. The molecule has 1 aromatic carbocycles. The molecule has 5 aliphatic rings. The summed E-state index contributed by atoms with van der Waals surface area (Å²) in [4.78, 5) is 22.3. The Bertz CT molecular complexity index is 1450. The second-order valence-corrected chi connectivity index (χ2v) is 16.3. The van der Waals surface area contributed by atoms with Crippen LogP contribution < -0.4 is 10.6 Å².